The van der Waals surface area contributed by atoms with Crippen LogP contribution in [0.25, 0.3) is 11.3 Å². The quantitative estimate of drug-likeness (QED) is 0.120. The minimum Gasteiger partial charge on any atom is -0.497 e. The molecular weight excluding hydrogens is 620 g/mol. The first-order chi connectivity index (χ1) is 23.0. The molecular formula is C36H41ClN4O6. The standard InChI is InChI=1S/C36H41ClN4O6/c1-44-23-14-13-22(29(19-23)45-2)21-41-28-12-7-9-24(28)32-31(36(41)43)34(39-27-11-8-10-26(37)35(27)46-3)33(40-32)25-15-16-38-20-30(25)47-18-6-4-5-17-42/h8,10-11,13-16,19-20,24,28,39-40,42H,4-7,9,12,17-18,21H2,1-3H3. The Kier molecular flexibility index (Phi) is 10.1. The number of para-hydroxylation sites is 1. The SMILES string of the molecule is COc1ccc(CN2C(=O)c3c([nH]c(-c4ccncc4OCCCCCO)c3Nc3cccc(Cl)c3OC)C3CCCC32)c(OC)c1. The largest absolute Gasteiger partial charge is 0.497 e. The number of hydrogen-bond donors (Lipinski definition) is 3. The summed E-state index contributed by atoms with van der Waals surface area (Å²) in [4.78, 5) is 24.8. The summed E-state index contributed by atoms with van der Waals surface area (Å²) in [5.74, 6) is 2.49. The second kappa shape index (κ2) is 14.6. The van der Waals surface area contributed by atoms with Crippen LogP contribution in [-0.2, 0) is 6.54 Å². The molecule has 47 heavy (non-hydrogen) atoms. The number of nitrogens with one attached hydrogen (secondary N) is 2. The van der Waals surface area contributed by atoms with Gasteiger partial charge in [-0.05, 0) is 62.4 Å². The van der Waals surface area contributed by atoms with E-state index >= 15 is 0 Å². The van der Waals surface area contributed by atoms with Crippen LogP contribution in [0.3, 0.4) is 0 Å². The van der Waals surface area contributed by atoms with E-state index in [1.165, 1.54) is 0 Å². The molecule has 2 aromatic heterocycles. The molecule has 248 valence electrons. The lowest BCUT2D eigenvalue weighted by Crippen LogP contribution is -2.45. The number of H-pyrrole nitrogens is 1. The zero-order valence-corrected chi connectivity index (χ0v) is 27.7. The number of halogens is 1. The van der Waals surface area contributed by atoms with Crippen LogP contribution in [0.15, 0.2) is 54.9 Å². The van der Waals surface area contributed by atoms with E-state index < -0.39 is 0 Å². The lowest BCUT2D eigenvalue weighted by atomic mass is 9.89. The van der Waals surface area contributed by atoms with Crippen molar-refractivity contribution in [1.29, 1.82) is 0 Å². The van der Waals surface area contributed by atoms with Gasteiger partial charge in [-0.2, -0.15) is 0 Å². The molecule has 1 saturated carbocycles. The summed E-state index contributed by atoms with van der Waals surface area (Å²) in [6.07, 6.45) is 8.67. The van der Waals surface area contributed by atoms with Crippen molar-refractivity contribution >= 4 is 28.9 Å². The van der Waals surface area contributed by atoms with Crippen molar-refractivity contribution in [3.8, 4) is 34.3 Å². The summed E-state index contributed by atoms with van der Waals surface area (Å²) >= 11 is 6.54. The molecule has 4 aromatic rings. The monoisotopic (exact) mass is 660 g/mol. The molecule has 1 fully saturated rings. The first kappa shape index (κ1) is 32.5. The van der Waals surface area contributed by atoms with Crippen LogP contribution in [0, 0.1) is 0 Å². The van der Waals surface area contributed by atoms with Gasteiger partial charge in [0.05, 0.1) is 61.8 Å². The molecule has 1 aliphatic carbocycles. The summed E-state index contributed by atoms with van der Waals surface area (Å²) in [5.41, 5.74) is 5.18. The molecule has 3 N–H and O–H groups in total. The number of carbonyl (C=O) groups excluding carboxylic acids is 1. The van der Waals surface area contributed by atoms with E-state index in [2.05, 4.69) is 15.3 Å². The zero-order valence-electron chi connectivity index (χ0n) is 27.0. The number of anilines is 2. The highest BCUT2D eigenvalue weighted by molar-refractivity contribution is 6.32. The molecule has 3 heterocycles. The number of aromatic nitrogens is 2. The van der Waals surface area contributed by atoms with E-state index in [1.807, 2.05) is 41.3 Å². The highest BCUT2D eigenvalue weighted by atomic mass is 35.5. The Bertz CT molecular complexity index is 1730. The number of nitrogens with zero attached hydrogens (tertiary/aromatic N) is 2. The van der Waals surface area contributed by atoms with Gasteiger partial charge in [-0.25, -0.2) is 0 Å². The third-order valence-electron chi connectivity index (χ3n) is 9.13. The molecule has 0 radical (unpaired) electrons. The van der Waals surface area contributed by atoms with Gasteiger partial charge in [-0.1, -0.05) is 24.1 Å². The zero-order chi connectivity index (χ0) is 32.9. The number of aliphatic hydroxyl groups excluding tert-OH is 1. The van der Waals surface area contributed by atoms with Gasteiger partial charge in [-0.3, -0.25) is 9.78 Å². The van der Waals surface area contributed by atoms with Crippen LogP contribution in [0.1, 0.15) is 66.1 Å². The smallest absolute Gasteiger partial charge is 0.258 e. The number of amides is 1. The van der Waals surface area contributed by atoms with E-state index in [1.54, 1.807) is 39.8 Å². The molecule has 1 aliphatic heterocycles. The lowest BCUT2D eigenvalue weighted by Gasteiger charge is -2.38. The topological polar surface area (TPSA) is 118 Å². The predicted octanol–water partition coefficient (Wildman–Crippen LogP) is 7.33. The molecule has 6 rings (SSSR count). The summed E-state index contributed by atoms with van der Waals surface area (Å²) < 4.78 is 23.1. The molecule has 2 aromatic carbocycles. The maximum atomic E-state index is 14.8. The fraction of sp³-hybridized carbons (Fsp3) is 0.389. The Morgan fingerprint density at radius 3 is 2.70 bits per heavy atom. The number of ether oxygens (including phenoxy) is 4. The number of unbranched alkanes of at least 4 members (excludes halogenated alkanes) is 2. The van der Waals surface area contributed by atoms with E-state index in [9.17, 15) is 9.90 Å². The molecule has 2 aliphatic rings. The van der Waals surface area contributed by atoms with Gasteiger partial charge in [-0.15, -0.1) is 0 Å². The van der Waals surface area contributed by atoms with Gasteiger partial charge in [0.2, 0.25) is 0 Å². The first-order valence-corrected chi connectivity index (χ1v) is 16.4. The van der Waals surface area contributed by atoms with E-state index in [0.717, 1.165) is 61.0 Å². The molecule has 0 bridgehead atoms. The maximum Gasteiger partial charge on any atom is 0.258 e. The Labute approximate surface area is 280 Å². The Balaban J connectivity index is 1.46. The number of hydrogen-bond acceptors (Lipinski definition) is 8. The number of aliphatic hydroxyl groups is 1. The van der Waals surface area contributed by atoms with Crippen LogP contribution in [0.2, 0.25) is 5.02 Å². The number of pyridine rings is 1. The second-order valence-corrected chi connectivity index (χ2v) is 12.2. The summed E-state index contributed by atoms with van der Waals surface area (Å²) in [5, 5.41) is 13.2. The minimum absolute atomic E-state index is 0.0292. The number of benzene rings is 2. The van der Waals surface area contributed by atoms with Crippen LogP contribution in [-0.4, -0.2) is 66.5 Å². The summed E-state index contributed by atoms with van der Waals surface area (Å²) in [7, 11) is 4.83. The van der Waals surface area contributed by atoms with Gasteiger partial charge < -0.3 is 39.3 Å². The molecule has 0 saturated heterocycles. The van der Waals surface area contributed by atoms with Gasteiger partial charge in [0.15, 0.2) is 5.75 Å². The first-order valence-electron chi connectivity index (χ1n) is 16.0. The third-order valence-corrected chi connectivity index (χ3v) is 9.43. The lowest BCUT2D eigenvalue weighted by molar-refractivity contribution is 0.0613. The summed E-state index contributed by atoms with van der Waals surface area (Å²) in [6.45, 7) is 1.03. The predicted molar refractivity (Wildman–Crippen MR) is 182 cm³/mol. The molecule has 2 atom stereocenters. The van der Waals surface area contributed by atoms with Crippen LogP contribution in [0.4, 0.5) is 11.4 Å². The van der Waals surface area contributed by atoms with E-state index in [-0.39, 0.29) is 24.5 Å². The van der Waals surface area contributed by atoms with Crippen molar-refractivity contribution in [2.75, 3.05) is 39.9 Å². The van der Waals surface area contributed by atoms with Gasteiger partial charge >= 0.3 is 0 Å². The molecule has 10 nitrogen and oxygen atoms in total. The minimum atomic E-state index is -0.0763. The van der Waals surface area contributed by atoms with Crippen molar-refractivity contribution in [1.82, 2.24) is 14.9 Å². The van der Waals surface area contributed by atoms with Crippen molar-refractivity contribution in [3.63, 3.8) is 0 Å². The Morgan fingerprint density at radius 2 is 1.91 bits per heavy atom. The molecule has 2 unspecified atom stereocenters. The molecule has 11 heteroatoms. The fourth-order valence-electron chi connectivity index (χ4n) is 6.87. The molecule has 0 spiro atoms. The average Bonchev–Trinajstić information content (AvgIpc) is 3.72. The van der Waals surface area contributed by atoms with Crippen molar-refractivity contribution < 1.29 is 28.8 Å². The van der Waals surface area contributed by atoms with Gasteiger partial charge in [0.1, 0.15) is 17.2 Å². The number of fused-ring (bicyclic) bond motifs is 3. The van der Waals surface area contributed by atoms with Gasteiger partial charge in [0.25, 0.3) is 5.91 Å². The highest BCUT2D eigenvalue weighted by Crippen LogP contribution is 2.51. The van der Waals surface area contributed by atoms with Gasteiger partial charge in [0, 0.05) is 54.2 Å². The van der Waals surface area contributed by atoms with Crippen LogP contribution >= 0.6 is 11.6 Å². The van der Waals surface area contributed by atoms with E-state index in [0.29, 0.717) is 58.1 Å². The summed E-state index contributed by atoms with van der Waals surface area (Å²) in [6, 6.07) is 13.1. The Morgan fingerprint density at radius 1 is 1.04 bits per heavy atom. The Hall–Kier alpha value is -4.41. The third kappa shape index (κ3) is 6.44. The van der Waals surface area contributed by atoms with Crippen molar-refractivity contribution in [3.05, 3.63) is 76.7 Å². The van der Waals surface area contributed by atoms with Crippen LogP contribution < -0.4 is 24.3 Å². The number of rotatable bonds is 14. The highest BCUT2D eigenvalue weighted by Gasteiger charge is 2.46. The number of methoxy groups -OCH3 is 3. The second-order valence-electron chi connectivity index (χ2n) is 11.8. The van der Waals surface area contributed by atoms with Crippen molar-refractivity contribution in [2.24, 2.45) is 0 Å². The molecule has 1 amide bonds. The van der Waals surface area contributed by atoms with E-state index in [4.69, 9.17) is 30.5 Å². The maximum absolute atomic E-state index is 14.8. The number of carbonyl (C=O) groups is 1. The van der Waals surface area contributed by atoms with Crippen molar-refractivity contribution in [2.45, 2.75) is 57.0 Å². The normalized spacial score (nSPS) is 16.9. The number of aromatic amines is 1. The average molecular weight is 661 g/mol. The van der Waals surface area contributed by atoms with Crippen LogP contribution in [0.5, 0.6) is 23.0 Å². The fourth-order valence-corrected chi connectivity index (χ4v) is 7.12.